The van der Waals surface area contributed by atoms with E-state index in [1.54, 1.807) is 13.1 Å². The first-order chi connectivity index (χ1) is 5.15. The van der Waals surface area contributed by atoms with Gasteiger partial charge in [0, 0.05) is 12.7 Å². The molecule has 11 heavy (non-hydrogen) atoms. The molecule has 0 amide bonds. The summed E-state index contributed by atoms with van der Waals surface area (Å²) in [6.45, 7) is 1.87. The van der Waals surface area contributed by atoms with Crippen LogP contribution in [0.15, 0.2) is 12.1 Å². The second kappa shape index (κ2) is 3.09. The summed E-state index contributed by atoms with van der Waals surface area (Å²) in [6, 6.07) is 2.99. The molecule has 0 aliphatic heterocycles. The second-order valence-electron chi connectivity index (χ2n) is 2.33. The summed E-state index contributed by atoms with van der Waals surface area (Å²) >= 11 is 5.54. The second-order valence-corrected chi connectivity index (χ2v) is 2.74. The van der Waals surface area contributed by atoms with Crippen molar-refractivity contribution in [1.82, 2.24) is 0 Å². The molecule has 0 bridgehead atoms. The Morgan fingerprint density at radius 2 is 2.09 bits per heavy atom. The van der Waals surface area contributed by atoms with Gasteiger partial charge in [-0.3, -0.25) is 0 Å². The van der Waals surface area contributed by atoms with Gasteiger partial charge >= 0.3 is 0 Å². The van der Waals surface area contributed by atoms with Crippen LogP contribution in [0, 0.1) is 12.7 Å². The van der Waals surface area contributed by atoms with Crippen LogP contribution in [0.5, 0.6) is 0 Å². The van der Waals surface area contributed by atoms with Gasteiger partial charge < -0.3 is 5.32 Å². The maximum atomic E-state index is 12.8. The van der Waals surface area contributed by atoms with E-state index in [1.165, 1.54) is 6.07 Å². The number of benzene rings is 1. The number of aryl methyl sites for hydroxylation is 1. The summed E-state index contributed by atoms with van der Waals surface area (Å²) in [7, 11) is 1.75. The van der Waals surface area contributed by atoms with Crippen LogP contribution >= 0.6 is 11.6 Å². The van der Waals surface area contributed by atoms with Crippen molar-refractivity contribution in [3.8, 4) is 0 Å². The maximum Gasteiger partial charge on any atom is 0.143 e. The van der Waals surface area contributed by atoms with Crippen molar-refractivity contribution in [2.75, 3.05) is 12.4 Å². The molecule has 0 aromatic heterocycles. The number of nitrogens with one attached hydrogen (secondary N) is 1. The molecule has 0 atom stereocenters. The third-order valence-electron chi connectivity index (χ3n) is 1.54. The zero-order chi connectivity index (χ0) is 8.43. The Labute approximate surface area is 70.2 Å². The molecule has 1 aromatic rings. The van der Waals surface area contributed by atoms with E-state index in [-0.39, 0.29) is 10.8 Å². The third kappa shape index (κ3) is 1.63. The first-order valence-corrected chi connectivity index (χ1v) is 3.66. The summed E-state index contributed by atoms with van der Waals surface area (Å²) in [5.41, 5.74) is 1.71. The molecule has 0 spiro atoms. The van der Waals surface area contributed by atoms with Crippen LogP contribution in [-0.4, -0.2) is 7.05 Å². The van der Waals surface area contributed by atoms with Gasteiger partial charge in [0.25, 0.3) is 0 Å². The van der Waals surface area contributed by atoms with E-state index in [1.807, 2.05) is 6.92 Å². The van der Waals surface area contributed by atoms with Gasteiger partial charge in [-0.15, -0.1) is 0 Å². The van der Waals surface area contributed by atoms with Gasteiger partial charge in [0.05, 0.1) is 5.02 Å². The zero-order valence-corrected chi connectivity index (χ0v) is 7.17. The lowest BCUT2D eigenvalue weighted by molar-refractivity contribution is 0.628. The van der Waals surface area contributed by atoms with Crippen molar-refractivity contribution in [2.45, 2.75) is 6.92 Å². The Morgan fingerprint density at radius 3 is 2.64 bits per heavy atom. The Morgan fingerprint density at radius 1 is 1.45 bits per heavy atom. The predicted molar refractivity (Wildman–Crippen MR) is 45.7 cm³/mol. The lowest BCUT2D eigenvalue weighted by Gasteiger charge is -2.05. The highest BCUT2D eigenvalue weighted by molar-refractivity contribution is 6.30. The summed E-state index contributed by atoms with van der Waals surface area (Å²) in [5.74, 6) is -0.387. The zero-order valence-electron chi connectivity index (χ0n) is 6.41. The fourth-order valence-electron chi connectivity index (χ4n) is 0.916. The van der Waals surface area contributed by atoms with Crippen LogP contribution in [0.1, 0.15) is 5.56 Å². The van der Waals surface area contributed by atoms with Crippen molar-refractivity contribution < 1.29 is 4.39 Å². The fourth-order valence-corrected chi connectivity index (χ4v) is 1.13. The monoisotopic (exact) mass is 173 g/mol. The number of halogens is 2. The van der Waals surface area contributed by atoms with Crippen molar-refractivity contribution in [2.24, 2.45) is 0 Å². The third-order valence-corrected chi connectivity index (χ3v) is 1.83. The van der Waals surface area contributed by atoms with E-state index in [0.29, 0.717) is 0 Å². The quantitative estimate of drug-likeness (QED) is 0.689. The SMILES string of the molecule is CNc1cc(F)c(Cl)cc1C. The maximum absolute atomic E-state index is 12.8. The van der Waals surface area contributed by atoms with Crippen molar-refractivity contribution in [1.29, 1.82) is 0 Å². The van der Waals surface area contributed by atoms with Crippen molar-refractivity contribution in [3.63, 3.8) is 0 Å². The van der Waals surface area contributed by atoms with Gasteiger partial charge in [-0.05, 0) is 24.6 Å². The molecule has 3 heteroatoms. The molecular weight excluding hydrogens is 165 g/mol. The van der Waals surface area contributed by atoms with Crippen LogP contribution in [0.25, 0.3) is 0 Å². The Bertz CT molecular complexity index is 273. The molecule has 0 aliphatic rings. The number of rotatable bonds is 1. The lowest BCUT2D eigenvalue weighted by atomic mass is 10.2. The molecule has 1 rings (SSSR count). The van der Waals surface area contributed by atoms with Gasteiger partial charge in [0.2, 0.25) is 0 Å². The Hall–Kier alpha value is -0.760. The topological polar surface area (TPSA) is 12.0 Å². The molecule has 1 N–H and O–H groups in total. The van der Waals surface area contributed by atoms with Crippen molar-refractivity contribution in [3.05, 3.63) is 28.5 Å². The minimum absolute atomic E-state index is 0.168. The molecule has 1 aromatic carbocycles. The van der Waals surface area contributed by atoms with Crippen LogP contribution in [0.4, 0.5) is 10.1 Å². The molecule has 0 saturated carbocycles. The van der Waals surface area contributed by atoms with Gasteiger partial charge in [-0.25, -0.2) is 4.39 Å². The highest BCUT2D eigenvalue weighted by Crippen LogP contribution is 2.22. The van der Waals surface area contributed by atoms with Gasteiger partial charge in [0.1, 0.15) is 5.82 Å². The van der Waals surface area contributed by atoms with E-state index in [4.69, 9.17) is 11.6 Å². The number of anilines is 1. The van der Waals surface area contributed by atoms with Crippen LogP contribution < -0.4 is 5.32 Å². The van der Waals surface area contributed by atoms with E-state index < -0.39 is 0 Å². The Balaban J connectivity index is 3.21. The first-order valence-electron chi connectivity index (χ1n) is 3.28. The van der Waals surface area contributed by atoms with Crippen LogP contribution in [-0.2, 0) is 0 Å². The molecular formula is C8H9ClFN. The minimum Gasteiger partial charge on any atom is -0.388 e. The molecule has 0 aliphatic carbocycles. The predicted octanol–water partition coefficient (Wildman–Crippen LogP) is 2.83. The van der Waals surface area contributed by atoms with Gasteiger partial charge in [-0.1, -0.05) is 11.6 Å². The average Bonchev–Trinajstić information content (AvgIpc) is 1.97. The summed E-state index contributed by atoms with van der Waals surface area (Å²) < 4.78 is 12.8. The molecule has 1 nitrogen and oxygen atoms in total. The normalized spacial score (nSPS) is 9.82. The summed E-state index contributed by atoms with van der Waals surface area (Å²) in [6.07, 6.45) is 0. The Kier molecular flexibility index (Phi) is 2.35. The standard InChI is InChI=1S/C8H9ClFN/c1-5-3-6(9)7(10)4-8(5)11-2/h3-4,11H,1-2H3. The molecule has 0 unspecified atom stereocenters. The smallest absolute Gasteiger partial charge is 0.143 e. The number of hydrogen-bond donors (Lipinski definition) is 1. The molecule has 0 heterocycles. The number of hydrogen-bond acceptors (Lipinski definition) is 1. The minimum atomic E-state index is -0.387. The fraction of sp³-hybridized carbons (Fsp3) is 0.250. The summed E-state index contributed by atoms with van der Waals surface area (Å²) in [4.78, 5) is 0. The van der Waals surface area contributed by atoms with Crippen LogP contribution in [0.3, 0.4) is 0 Å². The van der Waals surface area contributed by atoms with Gasteiger partial charge in [-0.2, -0.15) is 0 Å². The van der Waals surface area contributed by atoms with E-state index in [0.717, 1.165) is 11.3 Å². The average molecular weight is 174 g/mol. The van der Waals surface area contributed by atoms with Crippen LogP contribution in [0.2, 0.25) is 5.02 Å². The summed E-state index contributed by atoms with van der Waals surface area (Å²) in [5, 5.41) is 3.03. The molecule has 0 saturated heterocycles. The van der Waals surface area contributed by atoms with E-state index in [9.17, 15) is 4.39 Å². The largest absolute Gasteiger partial charge is 0.388 e. The highest BCUT2D eigenvalue weighted by atomic mass is 35.5. The first kappa shape index (κ1) is 8.34. The van der Waals surface area contributed by atoms with E-state index >= 15 is 0 Å². The van der Waals surface area contributed by atoms with Gasteiger partial charge in [0.15, 0.2) is 0 Å². The highest BCUT2D eigenvalue weighted by Gasteiger charge is 2.02. The van der Waals surface area contributed by atoms with E-state index in [2.05, 4.69) is 5.32 Å². The lowest BCUT2D eigenvalue weighted by Crippen LogP contribution is -1.92. The molecule has 60 valence electrons. The molecule has 0 fully saturated rings. The molecule has 0 radical (unpaired) electrons. The van der Waals surface area contributed by atoms with Crippen molar-refractivity contribution >= 4 is 17.3 Å².